The summed E-state index contributed by atoms with van der Waals surface area (Å²) in [6.45, 7) is 2.24. The highest BCUT2D eigenvalue weighted by molar-refractivity contribution is 9.10. The summed E-state index contributed by atoms with van der Waals surface area (Å²) in [5.41, 5.74) is 1.73. The lowest BCUT2D eigenvalue weighted by molar-refractivity contribution is -0.384. The Kier molecular flexibility index (Phi) is 4.29. The molecule has 0 bridgehead atoms. The van der Waals surface area contributed by atoms with Crippen molar-refractivity contribution in [1.29, 1.82) is 0 Å². The van der Waals surface area contributed by atoms with Crippen LogP contribution in [-0.4, -0.2) is 9.91 Å². The molecular formula is C13H11BrFN3O2. The number of nitrogens with zero attached hydrogens (tertiary/aromatic N) is 2. The fourth-order valence-electron chi connectivity index (χ4n) is 1.63. The van der Waals surface area contributed by atoms with Crippen LogP contribution in [0.15, 0.2) is 34.9 Å². The first-order valence-electron chi connectivity index (χ1n) is 5.76. The number of hydrogen-bond acceptors (Lipinski definition) is 4. The Balaban J connectivity index is 2.22. The van der Waals surface area contributed by atoms with Gasteiger partial charge in [0.25, 0.3) is 5.69 Å². The van der Waals surface area contributed by atoms with E-state index in [1.54, 1.807) is 6.20 Å². The summed E-state index contributed by atoms with van der Waals surface area (Å²) in [7, 11) is 0. The Labute approximate surface area is 123 Å². The lowest BCUT2D eigenvalue weighted by Gasteiger charge is -2.08. The third kappa shape index (κ3) is 3.30. The number of pyridine rings is 1. The van der Waals surface area contributed by atoms with Crippen molar-refractivity contribution in [3.05, 3.63) is 62.1 Å². The monoisotopic (exact) mass is 339 g/mol. The van der Waals surface area contributed by atoms with E-state index in [9.17, 15) is 14.5 Å². The molecule has 0 amide bonds. The molecule has 0 fully saturated rings. The zero-order valence-corrected chi connectivity index (χ0v) is 12.1. The Morgan fingerprint density at radius 2 is 2.20 bits per heavy atom. The minimum atomic E-state index is -0.667. The van der Waals surface area contributed by atoms with Gasteiger partial charge >= 0.3 is 0 Å². The van der Waals surface area contributed by atoms with Crippen molar-refractivity contribution in [2.45, 2.75) is 13.5 Å². The molecule has 1 N–H and O–H groups in total. The minimum Gasteiger partial charge on any atom is -0.375 e. The highest BCUT2D eigenvalue weighted by atomic mass is 79.9. The molecule has 1 heterocycles. The van der Waals surface area contributed by atoms with Crippen LogP contribution >= 0.6 is 15.9 Å². The van der Waals surface area contributed by atoms with Crippen molar-refractivity contribution in [2.75, 3.05) is 5.32 Å². The van der Waals surface area contributed by atoms with Gasteiger partial charge in [-0.05, 0) is 40.5 Å². The molecule has 0 atom stereocenters. The second-order valence-electron chi connectivity index (χ2n) is 4.20. The summed E-state index contributed by atoms with van der Waals surface area (Å²) in [5, 5.41) is 13.8. The number of hydrogen-bond donors (Lipinski definition) is 1. The van der Waals surface area contributed by atoms with Crippen molar-refractivity contribution in [1.82, 2.24) is 4.98 Å². The summed E-state index contributed by atoms with van der Waals surface area (Å²) in [5.74, 6) is -0.667. The second kappa shape index (κ2) is 5.96. The smallest absolute Gasteiger partial charge is 0.295 e. The number of rotatable bonds is 4. The molecule has 0 aliphatic heterocycles. The average Bonchev–Trinajstić information content (AvgIpc) is 2.41. The summed E-state index contributed by atoms with van der Waals surface area (Å²) < 4.78 is 13.5. The Hall–Kier alpha value is -2.02. The molecule has 2 rings (SSSR count). The number of aryl methyl sites for hydroxylation is 1. The van der Waals surface area contributed by atoms with Crippen LogP contribution in [0, 0.1) is 22.9 Å². The number of nitro benzene ring substituents is 1. The van der Waals surface area contributed by atoms with Gasteiger partial charge in [-0.1, -0.05) is 6.07 Å². The van der Waals surface area contributed by atoms with Crippen molar-refractivity contribution in [2.24, 2.45) is 0 Å². The van der Waals surface area contributed by atoms with Crippen molar-refractivity contribution in [3.8, 4) is 0 Å². The molecule has 104 valence electrons. The average molecular weight is 340 g/mol. The van der Waals surface area contributed by atoms with Gasteiger partial charge in [-0.3, -0.25) is 15.1 Å². The van der Waals surface area contributed by atoms with E-state index in [0.717, 1.165) is 17.3 Å². The fraction of sp³-hybridized carbons (Fsp3) is 0.154. The maximum Gasteiger partial charge on any atom is 0.295 e. The van der Waals surface area contributed by atoms with E-state index in [4.69, 9.17) is 0 Å². The maximum absolute atomic E-state index is 13.3. The van der Waals surface area contributed by atoms with E-state index in [1.807, 2.05) is 19.1 Å². The first kappa shape index (κ1) is 14.4. The van der Waals surface area contributed by atoms with Crippen LogP contribution < -0.4 is 5.32 Å². The molecule has 0 unspecified atom stereocenters. The Morgan fingerprint density at radius 1 is 1.45 bits per heavy atom. The van der Waals surface area contributed by atoms with E-state index in [2.05, 4.69) is 26.2 Å². The van der Waals surface area contributed by atoms with Gasteiger partial charge in [0.1, 0.15) is 11.5 Å². The number of anilines is 1. The summed E-state index contributed by atoms with van der Waals surface area (Å²) in [6, 6.07) is 5.97. The predicted molar refractivity (Wildman–Crippen MR) is 77.1 cm³/mol. The van der Waals surface area contributed by atoms with E-state index < -0.39 is 10.7 Å². The van der Waals surface area contributed by atoms with E-state index in [-0.39, 0.29) is 15.8 Å². The normalized spacial score (nSPS) is 10.3. The number of nitro groups is 1. The quantitative estimate of drug-likeness (QED) is 0.679. The predicted octanol–water partition coefficient (Wildman–Crippen LogP) is 3.81. The standard InChI is InChI=1S/C13H11BrFN3O2/c1-8-2-3-9(6-16-8)7-17-12-4-10(14)11(15)5-13(12)18(19)20/h2-6,17H,7H2,1H3. The lowest BCUT2D eigenvalue weighted by Crippen LogP contribution is -2.04. The maximum atomic E-state index is 13.3. The lowest BCUT2D eigenvalue weighted by atomic mass is 10.2. The molecule has 0 spiro atoms. The third-order valence-corrected chi connectivity index (χ3v) is 3.30. The molecular weight excluding hydrogens is 329 g/mol. The van der Waals surface area contributed by atoms with Crippen LogP contribution in [0.3, 0.4) is 0 Å². The molecule has 0 saturated heterocycles. The third-order valence-electron chi connectivity index (χ3n) is 2.69. The zero-order chi connectivity index (χ0) is 14.7. The fourth-order valence-corrected chi connectivity index (χ4v) is 1.97. The van der Waals surface area contributed by atoms with Gasteiger partial charge in [0, 0.05) is 18.4 Å². The van der Waals surface area contributed by atoms with Crippen LogP contribution in [0.1, 0.15) is 11.3 Å². The van der Waals surface area contributed by atoms with E-state index in [0.29, 0.717) is 6.54 Å². The minimum absolute atomic E-state index is 0.174. The van der Waals surface area contributed by atoms with Gasteiger partial charge in [0.2, 0.25) is 0 Å². The SMILES string of the molecule is Cc1ccc(CNc2cc(Br)c(F)cc2[N+](=O)[O-])cn1. The number of benzene rings is 1. The second-order valence-corrected chi connectivity index (χ2v) is 5.06. The first-order chi connectivity index (χ1) is 9.47. The number of halogens is 2. The molecule has 0 saturated carbocycles. The summed E-state index contributed by atoms with van der Waals surface area (Å²) >= 11 is 3.02. The summed E-state index contributed by atoms with van der Waals surface area (Å²) in [4.78, 5) is 14.4. The van der Waals surface area contributed by atoms with Gasteiger partial charge in [-0.15, -0.1) is 0 Å². The summed E-state index contributed by atoms with van der Waals surface area (Å²) in [6.07, 6.45) is 1.69. The number of nitrogens with one attached hydrogen (secondary N) is 1. The molecule has 7 heteroatoms. The molecule has 1 aromatic carbocycles. The molecule has 0 aliphatic rings. The van der Waals surface area contributed by atoms with Gasteiger partial charge in [0.15, 0.2) is 0 Å². The van der Waals surface area contributed by atoms with Gasteiger partial charge in [-0.2, -0.15) is 0 Å². The highest BCUT2D eigenvalue weighted by Gasteiger charge is 2.17. The van der Waals surface area contributed by atoms with Gasteiger partial charge < -0.3 is 5.32 Å². The topological polar surface area (TPSA) is 68.1 Å². The Morgan fingerprint density at radius 3 is 2.80 bits per heavy atom. The largest absolute Gasteiger partial charge is 0.375 e. The van der Waals surface area contributed by atoms with Crippen LogP contribution in [0.2, 0.25) is 0 Å². The molecule has 2 aromatic rings. The van der Waals surface area contributed by atoms with Crippen LogP contribution in [0.4, 0.5) is 15.8 Å². The zero-order valence-electron chi connectivity index (χ0n) is 10.6. The number of aromatic nitrogens is 1. The van der Waals surface area contributed by atoms with E-state index >= 15 is 0 Å². The molecule has 0 aliphatic carbocycles. The van der Waals surface area contributed by atoms with Crippen molar-refractivity contribution >= 4 is 27.3 Å². The van der Waals surface area contributed by atoms with Gasteiger partial charge in [0.05, 0.1) is 15.5 Å². The molecule has 5 nitrogen and oxygen atoms in total. The van der Waals surface area contributed by atoms with Gasteiger partial charge in [-0.25, -0.2) is 4.39 Å². The van der Waals surface area contributed by atoms with Crippen LogP contribution in [-0.2, 0) is 6.54 Å². The molecule has 0 radical (unpaired) electrons. The Bertz CT molecular complexity index is 647. The first-order valence-corrected chi connectivity index (χ1v) is 6.55. The van der Waals surface area contributed by atoms with Crippen LogP contribution in [0.25, 0.3) is 0 Å². The highest BCUT2D eigenvalue weighted by Crippen LogP contribution is 2.30. The van der Waals surface area contributed by atoms with Crippen molar-refractivity contribution in [3.63, 3.8) is 0 Å². The van der Waals surface area contributed by atoms with E-state index in [1.165, 1.54) is 6.07 Å². The molecule has 20 heavy (non-hydrogen) atoms. The van der Waals surface area contributed by atoms with Crippen LogP contribution in [0.5, 0.6) is 0 Å². The van der Waals surface area contributed by atoms with Crippen molar-refractivity contribution < 1.29 is 9.31 Å². The molecule has 1 aromatic heterocycles.